The molecule has 1 aliphatic rings. The molecular formula is C19H22N4O4S. The molecular weight excluding hydrogens is 380 g/mol. The molecule has 0 spiro atoms. The van der Waals surface area contributed by atoms with Gasteiger partial charge in [-0.3, -0.25) is 24.6 Å². The number of nitro benzene ring substituents is 1. The van der Waals surface area contributed by atoms with Gasteiger partial charge >= 0.3 is 0 Å². The van der Waals surface area contributed by atoms with Crippen molar-refractivity contribution in [3.8, 4) is 0 Å². The minimum atomic E-state index is -0.456. The number of carbonyl (C=O) groups is 2. The van der Waals surface area contributed by atoms with Crippen LogP contribution < -0.4 is 5.32 Å². The highest BCUT2D eigenvalue weighted by atomic mass is 32.1. The predicted molar refractivity (Wildman–Crippen MR) is 108 cm³/mol. The molecule has 0 bridgehead atoms. The highest BCUT2D eigenvalue weighted by Crippen LogP contribution is 2.25. The number of hydrogen-bond donors (Lipinski definition) is 1. The SMILES string of the molecule is Cc1c(NC(=O)CCN2CCN(C(=O)c3cccs3)CC2)cccc1[N+](=O)[O-]. The van der Waals surface area contributed by atoms with Gasteiger partial charge in [0.2, 0.25) is 5.91 Å². The fourth-order valence-electron chi connectivity index (χ4n) is 3.16. The van der Waals surface area contributed by atoms with Crippen molar-refractivity contribution in [2.45, 2.75) is 13.3 Å². The van der Waals surface area contributed by atoms with Crippen LogP contribution in [0.3, 0.4) is 0 Å². The Morgan fingerprint density at radius 3 is 2.57 bits per heavy atom. The molecule has 28 heavy (non-hydrogen) atoms. The van der Waals surface area contributed by atoms with Crippen LogP contribution in [0.1, 0.15) is 21.7 Å². The Kier molecular flexibility index (Phi) is 6.37. The first-order valence-electron chi connectivity index (χ1n) is 9.04. The Morgan fingerprint density at radius 2 is 1.93 bits per heavy atom. The summed E-state index contributed by atoms with van der Waals surface area (Å²) in [5, 5.41) is 15.7. The number of benzene rings is 1. The van der Waals surface area contributed by atoms with Gasteiger partial charge in [-0.2, -0.15) is 0 Å². The van der Waals surface area contributed by atoms with E-state index in [1.807, 2.05) is 22.4 Å². The van der Waals surface area contributed by atoms with Crippen molar-refractivity contribution in [1.29, 1.82) is 0 Å². The van der Waals surface area contributed by atoms with Crippen molar-refractivity contribution >= 4 is 34.5 Å². The van der Waals surface area contributed by atoms with Crippen molar-refractivity contribution in [3.63, 3.8) is 0 Å². The van der Waals surface area contributed by atoms with Crippen LogP contribution >= 0.6 is 11.3 Å². The number of hydrogen-bond acceptors (Lipinski definition) is 6. The van der Waals surface area contributed by atoms with Crippen LogP contribution in [0.5, 0.6) is 0 Å². The van der Waals surface area contributed by atoms with Crippen LogP contribution in [0.15, 0.2) is 35.7 Å². The van der Waals surface area contributed by atoms with E-state index in [2.05, 4.69) is 10.2 Å². The number of nitrogens with one attached hydrogen (secondary N) is 1. The molecule has 0 aliphatic carbocycles. The molecule has 1 aromatic carbocycles. The maximum absolute atomic E-state index is 12.3. The second-order valence-corrected chi connectivity index (χ2v) is 7.56. The third-order valence-corrected chi connectivity index (χ3v) is 5.68. The minimum Gasteiger partial charge on any atom is -0.335 e. The van der Waals surface area contributed by atoms with Gasteiger partial charge in [-0.1, -0.05) is 12.1 Å². The largest absolute Gasteiger partial charge is 0.335 e. The Bertz CT molecular complexity index is 861. The summed E-state index contributed by atoms with van der Waals surface area (Å²) < 4.78 is 0. The third-order valence-electron chi connectivity index (χ3n) is 4.82. The fraction of sp³-hybridized carbons (Fsp3) is 0.368. The normalized spacial score (nSPS) is 14.7. The minimum absolute atomic E-state index is 0.00988. The van der Waals surface area contributed by atoms with Gasteiger partial charge in [-0.05, 0) is 24.4 Å². The van der Waals surface area contributed by atoms with Crippen LogP contribution in [0.2, 0.25) is 0 Å². The molecule has 2 heterocycles. The number of piperazine rings is 1. The number of anilines is 1. The predicted octanol–water partition coefficient (Wildman–Crippen LogP) is 2.75. The van der Waals surface area contributed by atoms with Crippen molar-refractivity contribution < 1.29 is 14.5 Å². The third kappa shape index (κ3) is 4.73. The van der Waals surface area contributed by atoms with Gasteiger partial charge in [-0.15, -0.1) is 11.3 Å². The lowest BCUT2D eigenvalue weighted by molar-refractivity contribution is -0.385. The van der Waals surface area contributed by atoms with E-state index in [-0.39, 0.29) is 17.5 Å². The van der Waals surface area contributed by atoms with Gasteiger partial charge in [0.25, 0.3) is 11.6 Å². The molecule has 0 unspecified atom stereocenters. The molecule has 1 aromatic heterocycles. The molecule has 9 heteroatoms. The Labute approximate surface area is 166 Å². The molecule has 2 amide bonds. The summed E-state index contributed by atoms with van der Waals surface area (Å²) in [5.74, 6) is -0.116. The summed E-state index contributed by atoms with van der Waals surface area (Å²) in [6.45, 7) is 4.93. The maximum atomic E-state index is 12.3. The van der Waals surface area contributed by atoms with Crippen molar-refractivity contribution in [2.24, 2.45) is 0 Å². The number of thiophene rings is 1. The lowest BCUT2D eigenvalue weighted by Gasteiger charge is -2.34. The molecule has 8 nitrogen and oxygen atoms in total. The first kappa shape index (κ1) is 20.0. The van der Waals surface area contributed by atoms with Crippen LogP contribution in [-0.4, -0.2) is 59.3 Å². The summed E-state index contributed by atoms with van der Waals surface area (Å²) in [6.07, 6.45) is 0.293. The average Bonchev–Trinajstić information content (AvgIpc) is 3.22. The summed E-state index contributed by atoms with van der Waals surface area (Å²) in [5.41, 5.74) is 0.899. The van der Waals surface area contributed by atoms with Gasteiger partial charge < -0.3 is 10.2 Å². The molecule has 2 aromatic rings. The smallest absolute Gasteiger partial charge is 0.274 e. The summed E-state index contributed by atoms with van der Waals surface area (Å²) in [4.78, 5) is 39.9. The van der Waals surface area contributed by atoms with Crippen molar-refractivity contribution in [2.75, 3.05) is 38.0 Å². The first-order chi connectivity index (χ1) is 13.5. The number of nitrogens with zero attached hydrogens (tertiary/aromatic N) is 3. The van der Waals surface area contributed by atoms with E-state index < -0.39 is 4.92 Å². The lowest BCUT2D eigenvalue weighted by Crippen LogP contribution is -2.49. The summed E-state index contributed by atoms with van der Waals surface area (Å²) >= 11 is 1.44. The summed E-state index contributed by atoms with van der Waals surface area (Å²) in [7, 11) is 0. The molecule has 1 N–H and O–H groups in total. The number of carbonyl (C=O) groups excluding carboxylic acids is 2. The van der Waals surface area contributed by atoms with Crippen molar-refractivity contribution in [3.05, 3.63) is 56.3 Å². The van der Waals surface area contributed by atoms with Gasteiger partial charge in [0.05, 0.1) is 21.1 Å². The topological polar surface area (TPSA) is 95.8 Å². The zero-order valence-corrected chi connectivity index (χ0v) is 16.4. The van der Waals surface area contributed by atoms with E-state index in [0.717, 1.165) is 18.0 Å². The molecule has 0 radical (unpaired) electrons. The number of nitro groups is 1. The van der Waals surface area contributed by atoms with Crippen LogP contribution in [0.4, 0.5) is 11.4 Å². The van der Waals surface area contributed by atoms with E-state index in [4.69, 9.17) is 0 Å². The van der Waals surface area contributed by atoms with Crippen LogP contribution in [0, 0.1) is 17.0 Å². The Morgan fingerprint density at radius 1 is 1.18 bits per heavy atom. The highest BCUT2D eigenvalue weighted by Gasteiger charge is 2.23. The number of amides is 2. The van der Waals surface area contributed by atoms with Gasteiger partial charge in [0.15, 0.2) is 0 Å². The zero-order valence-electron chi connectivity index (χ0n) is 15.6. The van der Waals surface area contributed by atoms with Crippen molar-refractivity contribution in [1.82, 2.24) is 9.80 Å². The molecule has 1 fully saturated rings. The van der Waals surface area contributed by atoms with E-state index in [9.17, 15) is 19.7 Å². The zero-order chi connectivity index (χ0) is 20.1. The monoisotopic (exact) mass is 402 g/mol. The van der Waals surface area contributed by atoms with E-state index in [1.165, 1.54) is 17.4 Å². The first-order valence-corrected chi connectivity index (χ1v) is 9.92. The molecule has 0 saturated carbocycles. The van der Waals surface area contributed by atoms with E-state index >= 15 is 0 Å². The molecule has 0 atom stereocenters. The van der Waals surface area contributed by atoms with E-state index in [0.29, 0.717) is 37.3 Å². The standard InChI is InChI=1S/C19H22N4O4S/c1-14-15(4-2-5-16(14)23(26)27)20-18(24)7-8-21-9-11-22(12-10-21)19(25)17-6-3-13-28-17/h2-6,13H,7-12H2,1H3,(H,20,24). The average molecular weight is 402 g/mol. The quantitative estimate of drug-likeness (QED) is 0.592. The van der Waals surface area contributed by atoms with Gasteiger partial charge in [0.1, 0.15) is 0 Å². The molecule has 1 saturated heterocycles. The van der Waals surface area contributed by atoms with Crippen LogP contribution in [0.25, 0.3) is 0 Å². The van der Waals surface area contributed by atoms with Gasteiger partial charge in [0, 0.05) is 45.2 Å². The Hall–Kier alpha value is -2.78. The number of rotatable bonds is 6. The van der Waals surface area contributed by atoms with Crippen LogP contribution in [-0.2, 0) is 4.79 Å². The maximum Gasteiger partial charge on any atom is 0.274 e. The second-order valence-electron chi connectivity index (χ2n) is 6.62. The van der Waals surface area contributed by atoms with Gasteiger partial charge in [-0.25, -0.2) is 0 Å². The lowest BCUT2D eigenvalue weighted by atomic mass is 10.1. The van der Waals surface area contributed by atoms with E-state index in [1.54, 1.807) is 19.1 Å². The molecule has 148 valence electrons. The highest BCUT2D eigenvalue weighted by molar-refractivity contribution is 7.12. The fourth-order valence-corrected chi connectivity index (χ4v) is 3.85. The molecule has 1 aliphatic heterocycles. The molecule has 3 rings (SSSR count). The second kappa shape index (κ2) is 8.94. The Balaban J connectivity index is 1.45. The summed E-state index contributed by atoms with van der Waals surface area (Å²) in [6, 6.07) is 8.34.